The van der Waals surface area contributed by atoms with Crippen molar-refractivity contribution in [3.05, 3.63) is 54.0 Å². The predicted molar refractivity (Wildman–Crippen MR) is 81.9 cm³/mol. The van der Waals surface area contributed by atoms with Gasteiger partial charge in [0.15, 0.2) is 0 Å². The van der Waals surface area contributed by atoms with E-state index in [2.05, 4.69) is 5.32 Å². The van der Waals surface area contributed by atoms with Crippen LogP contribution in [0.5, 0.6) is 0 Å². The molecular formula is C15H18N2O4S. The lowest BCUT2D eigenvalue weighted by atomic mass is 10.2. The lowest BCUT2D eigenvalue weighted by Gasteiger charge is -2.13. The normalized spacial score (nSPS) is 13.1. The van der Waals surface area contributed by atoms with Crippen LogP contribution in [0.2, 0.25) is 0 Å². The molecule has 2 rings (SSSR count). The second kappa shape index (κ2) is 6.33. The minimum atomic E-state index is -3.49. The van der Waals surface area contributed by atoms with Gasteiger partial charge in [-0.25, -0.2) is 12.7 Å². The van der Waals surface area contributed by atoms with E-state index in [1.807, 2.05) is 6.92 Å². The molecule has 0 aliphatic carbocycles. The van der Waals surface area contributed by atoms with Gasteiger partial charge in [-0.1, -0.05) is 0 Å². The molecule has 7 heteroatoms. The summed E-state index contributed by atoms with van der Waals surface area (Å²) in [6.45, 7) is 1.81. The number of rotatable bonds is 5. The summed E-state index contributed by atoms with van der Waals surface area (Å²) >= 11 is 0. The number of carbonyl (C=O) groups excluding carboxylic acids is 1. The van der Waals surface area contributed by atoms with E-state index in [9.17, 15) is 13.2 Å². The Morgan fingerprint density at radius 2 is 1.82 bits per heavy atom. The molecule has 0 fully saturated rings. The van der Waals surface area contributed by atoms with Gasteiger partial charge in [-0.3, -0.25) is 4.79 Å². The van der Waals surface area contributed by atoms with Crippen molar-refractivity contribution in [3.8, 4) is 0 Å². The van der Waals surface area contributed by atoms with Crippen molar-refractivity contribution < 1.29 is 17.6 Å². The SMILES string of the molecule is CC(NC(=O)c1ccc(S(=O)(=O)N(C)C)cc1)c1ccco1. The van der Waals surface area contributed by atoms with Gasteiger partial charge in [0.2, 0.25) is 10.0 Å². The van der Waals surface area contributed by atoms with Gasteiger partial charge in [-0.15, -0.1) is 0 Å². The quantitative estimate of drug-likeness (QED) is 0.913. The van der Waals surface area contributed by atoms with Gasteiger partial charge in [0, 0.05) is 19.7 Å². The predicted octanol–water partition coefficient (Wildman–Crippen LogP) is 2.02. The Bertz CT molecular complexity index is 734. The summed E-state index contributed by atoms with van der Waals surface area (Å²) < 4.78 is 30.3. The highest BCUT2D eigenvalue weighted by Gasteiger charge is 2.18. The van der Waals surface area contributed by atoms with Crippen LogP contribution in [0.1, 0.15) is 29.1 Å². The lowest BCUT2D eigenvalue weighted by Crippen LogP contribution is -2.26. The number of carbonyl (C=O) groups is 1. The van der Waals surface area contributed by atoms with Crippen LogP contribution >= 0.6 is 0 Å². The van der Waals surface area contributed by atoms with Gasteiger partial charge < -0.3 is 9.73 Å². The number of hydrogen-bond acceptors (Lipinski definition) is 4. The second-order valence-corrected chi connectivity index (χ2v) is 7.17. The highest BCUT2D eigenvalue weighted by atomic mass is 32.2. The smallest absolute Gasteiger partial charge is 0.251 e. The van der Waals surface area contributed by atoms with Gasteiger partial charge in [0.25, 0.3) is 5.91 Å². The summed E-state index contributed by atoms with van der Waals surface area (Å²) in [6, 6.07) is 9.06. The fourth-order valence-electron chi connectivity index (χ4n) is 1.88. The summed E-state index contributed by atoms with van der Waals surface area (Å²) in [7, 11) is -0.573. The summed E-state index contributed by atoms with van der Waals surface area (Å²) in [5.41, 5.74) is 0.385. The molecule has 1 aromatic carbocycles. The fraction of sp³-hybridized carbons (Fsp3) is 0.267. The van der Waals surface area contributed by atoms with E-state index in [-0.39, 0.29) is 16.8 Å². The number of furan rings is 1. The largest absolute Gasteiger partial charge is 0.467 e. The van der Waals surface area contributed by atoms with Crippen LogP contribution in [0, 0.1) is 0 Å². The Morgan fingerprint density at radius 1 is 1.18 bits per heavy atom. The molecule has 0 spiro atoms. The first-order valence-corrected chi connectivity index (χ1v) is 8.13. The first kappa shape index (κ1) is 16.3. The molecule has 1 aromatic heterocycles. The van der Waals surface area contributed by atoms with Crippen molar-refractivity contribution in [2.24, 2.45) is 0 Å². The maximum Gasteiger partial charge on any atom is 0.251 e. The van der Waals surface area contributed by atoms with E-state index < -0.39 is 10.0 Å². The molecule has 6 nitrogen and oxygen atoms in total. The minimum absolute atomic E-state index is 0.146. The minimum Gasteiger partial charge on any atom is -0.467 e. The van der Waals surface area contributed by atoms with E-state index in [0.29, 0.717) is 11.3 Å². The number of nitrogens with one attached hydrogen (secondary N) is 1. The average Bonchev–Trinajstić information content (AvgIpc) is 3.01. The molecule has 1 heterocycles. The molecule has 22 heavy (non-hydrogen) atoms. The molecule has 1 unspecified atom stereocenters. The highest BCUT2D eigenvalue weighted by Crippen LogP contribution is 2.16. The molecular weight excluding hydrogens is 304 g/mol. The van der Waals surface area contributed by atoms with Crippen LogP contribution in [0.25, 0.3) is 0 Å². The van der Waals surface area contributed by atoms with E-state index in [0.717, 1.165) is 4.31 Å². The maximum absolute atomic E-state index is 12.1. The van der Waals surface area contributed by atoms with Crippen molar-refractivity contribution in [2.75, 3.05) is 14.1 Å². The van der Waals surface area contributed by atoms with Crippen molar-refractivity contribution >= 4 is 15.9 Å². The molecule has 0 aliphatic heterocycles. The van der Waals surface area contributed by atoms with Crippen molar-refractivity contribution in [1.82, 2.24) is 9.62 Å². The zero-order valence-corrected chi connectivity index (χ0v) is 13.4. The van der Waals surface area contributed by atoms with Crippen LogP contribution in [0.4, 0.5) is 0 Å². The van der Waals surface area contributed by atoms with Gasteiger partial charge >= 0.3 is 0 Å². The first-order chi connectivity index (χ1) is 10.3. The van der Waals surface area contributed by atoms with Crippen LogP contribution in [0.15, 0.2) is 52.0 Å². The molecule has 1 atom stereocenters. The lowest BCUT2D eigenvalue weighted by molar-refractivity contribution is 0.0935. The number of hydrogen-bond donors (Lipinski definition) is 1. The van der Waals surface area contributed by atoms with E-state index in [1.54, 1.807) is 18.4 Å². The van der Waals surface area contributed by atoms with Crippen LogP contribution in [-0.4, -0.2) is 32.7 Å². The Kier molecular flexibility index (Phi) is 4.68. The van der Waals surface area contributed by atoms with Crippen LogP contribution < -0.4 is 5.32 Å². The molecule has 0 bridgehead atoms. The third-order valence-corrected chi connectivity index (χ3v) is 5.04. The van der Waals surface area contributed by atoms with E-state index >= 15 is 0 Å². The molecule has 118 valence electrons. The topological polar surface area (TPSA) is 79.6 Å². The van der Waals surface area contributed by atoms with E-state index in [1.165, 1.54) is 38.4 Å². The number of amides is 1. The van der Waals surface area contributed by atoms with Crippen molar-refractivity contribution in [2.45, 2.75) is 17.9 Å². The zero-order valence-electron chi connectivity index (χ0n) is 12.6. The monoisotopic (exact) mass is 322 g/mol. The molecule has 0 saturated heterocycles. The fourth-order valence-corrected chi connectivity index (χ4v) is 2.78. The van der Waals surface area contributed by atoms with Gasteiger partial charge in [-0.2, -0.15) is 0 Å². The van der Waals surface area contributed by atoms with Gasteiger partial charge in [-0.05, 0) is 43.3 Å². The number of sulfonamides is 1. The molecule has 1 N–H and O–H groups in total. The van der Waals surface area contributed by atoms with Gasteiger partial charge in [0.05, 0.1) is 17.2 Å². The maximum atomic E-state index is 12.1. The third-order valence-electron chi connectivity index (χ3n) is 3.21. The van der Waals surface area contributed by atoms with Crippen molar-refractivity contribution in [1.29, 1.82) is 0 Å². The molecule has 0 radical (unpaired) electrons. The highest BCUT2D eigenvalue weighted by molar-refractivity contribution is 7.89. The molecule has 0 aliphatic rings. The average molecular weight is 322 g/mol. The standard InChI is InChI=1S/C15H18N2O4S/c1-11(14-5-4-10-21-14)16-15(18)12-6-8-13(9-7-12)22(19,20)17(2)3/h4-11H,1-3H3,(H,16,18). The first-order valence-electron chi connectivity index (χ1n) is 6.69. The molecule has 1 amide bonds. The number of nitrogens with zero attached hydrogens (tertiary/aromatic N) is 1. The summed E-state index contributed by atoms with van der Waals surface area (Å²) in [5, 5.41) is 2.79. The second-order valence-electron chi connectivity index (χ2n) is 5.02. The summed E-state index contributed by atoms with van der Waals surface area (Å²) in [5.74, 6) is 0.359. The summed E-state index contributed by atoms with van der Waals surface area (Å²) in [6.07, 6.45) is 1.54. The van der Waals surface area contributed by atoms with Crippen LogP contribution in [0.3, 0.4) is 0 Å². The Hall–Kier alpha value is -2.12. The molecule has 0 saturated carbocycles. The zero-order chi connectivity index (χ0) is 16.3. The van der Waals surface area contributed by atoms with Crippen LogP contribution in [-0.2, 0) is 10.0 Å². The van der Waals surface area contributed by atoms with Gasteiger partial charge in [0.1, 0.15) is 5.76 Å². The number of benzene rings is 1. The Morgan fingerprint density at radius 3 is 2.32 bits per heavy atom. The molecule has 2 aromatic rings. The third kappa shape index (κ3) is 3.37. The summed E-state index contributed by atoms with van der Waals surface area (Å²) in [4.78, 5) is 12.3. The Balaban J connectivity index is 2.12. The van der Waals surface area contributed by atoms with E-state index in [4.69, 9.17) is 4.42 Å². The Labute approximate surface area is 129 Å². The van der Waals surface area contributed by atoms with Crippen molar-refractivity contribution in [3.63, 3.8) is 0 Å².